The van der Waals surface area contributed by atoms with Gasteiger partial charge in [-0.1, -0.05) is 30.3 Å². The van der Waals surface area contributed by atoms with Gasteiger partial charge >= 0.3 is 0 Å². The predicted octanol–water partition coefficient (Wildman–Crippen LogP) is 4.27. The Labute approximate surface area is 144 Å². The summed E-state index contributed by atoms with van der Waals surface area (Å²) in [5.41, 5.74) is 5.88. The lowest BCUT2D eigenvalue weighted by molar-refractivity contribution is 0.355. The lowest BCUT2D eigenvalue weighted by Gasteiger charge is -2.07. The second kappa shape index (κ2) is 7.61. The summed E-state index contributed by atoms with van der Waals surface area (Å²) in [6.45, 7) is 0. The van der Waals surface area contributed by atoms with Crippen molar-refractivity contribution >= 4 is 22.7 Å². The first-order chi connectivity index (χ1) is 11.8. The van der Waals surface area contributed by atoms with E-state index in [1.807, 2.05) is 53.9 Å². The van der Waals surface area contributed by atoms with Crippen LogP contribution in [0.25, 0.3) is 11.3 Å². The van der Waals surface area contributed by atoms with Crippen LogP contribution in [0.15, 0.2) is 59.0 Å². The van der Waals surface area contributed by atoms with Gasteiger partial charge in [-0.15, -0.1) is 11.3 Å². The molecule has 0 saturated carbocycles. The van der Waals surface area contributed by atoms with E-state index >= 15 is 0 Å². The second-order valence-corrected chi connectivity index (χ2v) is 5.75. The van der Waals surface area contributed by atoms with Crippen LogP contribution in [0, 0.1) is 0 Å². The Bertz CT molecular complexity index is 831. The van der Waals surface area contributed by atoms with Gasteiger partial charge in [-0.3, -0.25) is 5.43 Å². The summed E-state index contributed by atoms with van der Waals surface area (Å²) in [5.74, 6) is 1.36. The maximum absolute atomic E-state index is 5.28. The third kappa shape index (κ3) is 3.72. The Morgan fingerprint density at radius 1 is 1.04 bits per heavy atom. The van der Waals surface area contributed by atoms with Crippen molar-refractivity contribution in [3.63, 3.8) is 0 Å². The van der Waals surface area contributed by atoms with Crippen LogP contribution in [0.5, 0.6) is 11.5 Å². The summed E-state index contributed by atoms with van der Waals surface area (Å²) >= 11 is 1.51. The van der Waals surface area contributed by atoms with E-state index in [4.69, 9.17) is 9.47 Å². The number of ether oxygens (including phenoxy) is 2. The molecule has 0 atom stereocenters. The molecule has 0 aliphatic heterocycles. The summed E-state index contributed by atoms with van der Waals surface area (Å²) < 4.78 is 10.5. The number of benzene rings is 2. The molecule has 24 heavy (non-hydrogen) atoms. The summed E-state index contributed by atoms with van der Waals surface area (Å²) in [5, 5.41) is 6.97. The zero-order valence-electron chi connectivity index (χ0n) is 13.4. The SMILES string of the molecule is COc1ccc(/C=N\Nc2nc(-c3ccccc3)cs2)cc1OC. The minimum absolute atomic E-state index is 0.669. The fourth-order valence-electron chi connectivity index (χ4n) is 2.16. The van der Waals surface area contributed by atoms with Crippen molar-refractivity contribution in [3.8, 4) is 22.8 Å². The molecule has 2 aromatic carbocycles. The molecule has 0 aliphatic carbocycles. The number of nitrogens with zero attached hydrogens (tertiary/aromatic N) is 2. The van der Waals surface area contributed by atoms with Crippen molar-refractivity contribution in [1.82, 2.24) is 4.98 Å². The topological polar surface area (TPSA) is 55.7 Å². The van der Waals surface area contributed by atoms with Crippen molar-refractivity contribution in [3.05, 3.63) is 59.5 Å². The van der Waals surface area contributed by atoms with Crippen molar-refractivity contribution in [1.29, 1.82) is 0 Å². The maximum atomic E-state index is 5.28. The number of aromatic nitrogens is 1. The van der Waals surface area contributed by atoms with E-state index in [2.05, 4.69) is 15.5 Å². The number of methoxy groups -OCH3 is 2. The first-order valence-corrected chi connectivity index (χ1v) is 8.20. The normalized spacial score (nSPS) is 10.8. The van der Waals surface area contributed by atoms with Crippen LogP contribution in [0.2, 0.25) is 0 Å². The highest BCUT2D eigenvalue weighted by atomic mass is 32.1. The third-order valence-electron chi connectivity index (χ3n) is 3.36. The summed E-state index contributed by atoms with van der Waals surface area (Å²) in [7, 11) is 3.22. The average molecular weight is 339 g/mol. The lowest BCUT2D eigenvalue weighted by atomic mass is 10.2. The van der Waals surface area contributed by atoms with Crippen LogP contribution in [-0.4, -0.2) is 25.4 Å². The average Bonchev–Trinajstić information content (AvgIpc) is 3.11. The maximum Gasteiger partial charge on any atom is 0.203 e. The van der Waals surface area contributed by atoms with Gasteiger partial charge in [-0.05, 0) is 23.8 Å². The molecule has 0 amide bonds. The van der Waals surface area contributed by atoms with E-state index in [9.17, 15) is 0 Å². The highest BCUT2D eigenvalue weighted by Gasteiger charge is 2.04. The third-order valence-corrected chi connectivity index (χ3v) is 4.10. The number of hydrogen-bond donors (Lipinski definition) is 1. The van der Waals surface area contributed by atoms with Crippen molar-refractivity contribution in [2.75, 3.05) is 19.6 Å². The standard InChI is InChI=1S/C18H17N3O2S/c1-22-16-9-8-13(10-17(16)23-2)11-19-21-18-20-15(12-24-18)14-6-4-3-5-7-14/h3-12H,1-2H3,(H,20,21)/b19-11-. The quantitative estimate of drug-likeness (QED) is 0.538. The highest BCUT2D eigenvalue weighted by molar-refractivity contribution is 7.14. The molecule has 3 aromatic rings. The number of thiazole rings is 1. The Morgan fingerprint density at radius 2 is 1.83 bits per heavy atom. The predicted molar refractivity (Wildman–Crippen MR) is 98.3 cm³/mol. The molecular weight excluding hydrogens is 322 g/mol. The van der Waals surface area contributed by atoms with E-state index in [0.717, 1.165) is 22.0 Å². The lowest BCUT2D eigenvalue weighted by Crippen LogP contribution is -1.93. The molecule has 6 heteroatoms. The molecule has 0 saturated heterocycles. The summed E-state index contributed by atoms with van der Waals surface area (Å²) in [4.78, 5) is 4.52. The van der Waals surface area contributed by atoms with E-state index in [0.29, 0.717) is 11.5 Å². The fraction of sp³-hybridized carbons (Fsp3) is 0.111. The molecule has 3 rings (SSSR count). The van der Waals surface area contributed by atoms with Gasteiger partial charge in [-0.2, -0.15) is 5.10 Å². The molecule has 0 spiro atoms. The molecule has 1 heterocycles. The zero-order chi connectivity index (χ0) is 16.8. The van der Waals surface area contributed by atoms with E-state index < -0.39 is 0 Å². The van der Waals surface area contributed by atoms with Gasteiger partial charge < -0.3 is 9.47 Å². The molecule has 1 aromatic heterocycles. The minimum atomic E-state index is 0.669. The van der Waals surface area contributed by atoms with E-state index in [-0.39, 0.29) is 0 Å². The van der Waals surface area contributed by atoms with Crippen LogP contribution < -0.4 is 14.9 Å². The van der Waals surface area contributed by atoms with Gasteiger partial charge in [0.1, 0.15) is 0 Å². The minimum Gasteiger partial charge on any atom is -0.493 e. The van der Waals surface area contributed by atoms with Gasteiger partial charge in [0, 0.05) is 10.9 Å². The first-order valence-electron chi connectivity index (χ1n) is 7.32. The zero-order valence-corrected chi connectivity index (χ0v) is 14.2. The van der Waals surface area contributed by atoms with Gasteiger partial charge in [0.15, 0.2) is 11.5 Å². The van der Waals surface area contributed by atoms with Gasteiger partial charge in [0.2, 0.25) is 5.13 Å². The molecule has 0 aliphatic rings. The Kier molecular flexibility index (Phi) is 5.08. The molecule has 1 N–H and O–H groups in total. The molecule has 122 valence electrons. The van der Waals surface area contributed by atoms with Gasteiger partial charge in [0.25, 0.3) is 0 Å². The number of anilines is 1. The van der Waals surface area contributed by atoms with Crippen LogP contribution in [0.1, 0.15) is 5.56 Å². The smallest absolute Gasteiger partial charge is 0.203 e. The Hall–Kier alpha value is -2.86. The number of nitrogens with one attached hydrogen (secondary N) is 1. The van der Waals surface area contributed by atoms with Crippen molar-refractivity contribution in [2.24, 2.45) is 5.10 Å². The second-order valence-electron chi connectivity index (χ2n) is 4.89. The molecular formula is C18H17N3O2S. The monoisotopic (exact) mass is 339 g/mol. The van der Waals surface area contributed by atoms with Crippen LogP contribution >= 0.6 is 11.3 Å². The molecule has 5 nitrogen and oxygen atoms in total. The van der Waals surface area contributed by atoms with Crippen molar-refractivity contribution < 1.29 is 9.47 Å². The van der Waals surface area contributed by atoms with Gasteiger partial charge in [0.05, 0.1) is 26.1 Å². The largest absolute Gasteiger partial charge is 0.493 e. The highest BCUT2D eigenvalue weighted by Crippen LogP contribution is 2.27. The number of hydrazone groups is 1. The summed E-state index contributed by atoms with van der Waals surface area (Å²) in [6.07, 6.45) is 1.71. The first kappa shape index (κ1) is 16.0. The van der Waals surface area contributed by atoms with E-state index in [1.165, 1.54) is 11.3 Å². The van der Waals surface area contributed by atoms with Crippen LogP contribution in [-0.2, 0) is 0 Å². The van der Waals surface area contributed by atoms with E-state index in [1.54, 1.807) is 20.4 Å². The molecule has 0 fully saturated rings. The number of hydrogen-bond acceptors (Lipinski definition) is 6. The van der Waals surface area contributed by atoms with Crippen molar-refractivity contribution in [2.45, 2.75) is 0 Å². The summed E-state index contributed by atoms with van der Waals surface area (Å²) in [6, 6.07) is 15.7. The molecule has 0 radical (unpaired) electrons. The number of rotatable bonds is 6. The Balaban J connectivity index is 1.68. The van der Waals surface area contributed by atoms with Crippen LogP contribution in [0.4, 0.5) is 5.13 Å². The van der Waals surface area contributed by atoms with Gasteiger partial charge in [-0.25, -0.2) is 4.98 Å². The molecule has 0 bridgehead atoms. The van der Waals surface area contributed by atoms with Crippen LogP contribution in [0.3, 0.4) is 0 Å². The fourth-order valence-corrected chi connectivity index (χ4v) is 2.83. The Morgan fingerprint density at radius 3 is 2.58 bits per heavy atom. The molecule has 0 unspecified atom stereocenters.